The number of nitrogens with zero attached hydrogens (tertiary/aromatic N) is 2. The predicted octanol–water partition coefficient (Wildman–Crippen LogP) is 3.68. The van der Waals surface area contributed by atoms with Crippen LogP contribution in [0.15, 0.2) is 28.7 Å². The lowest BCUT2D eigenvalue weighted by Crippen LogP contribution is -2.06. The summed E-state index contributed by atoms with van der Waals surface area (Å²) >= 11 is 3.20. The molecule has 2 aromatic rings. The third-order valence-corrected chi connectivity index (χ3v) is 3.08. The number of halogens is 4. The van der Waals surface area contributed by atoms with Gasteiger partial charge in [-0.15, -0.1) is 0 Å². The molecule has 2 rings (SSSR count). The van der Waals surface area contributed by atoms with Gasteiger partial charge < -0.3 is 0 Å². The molecule has 0 aliphatic heterocycles. The molecule has 0 amide bonds. The van der Waals surface area contributed by atoms with E-state index in [4.69, 9.17) is 0 Å². The van der Waals surface area contributed by atoms with Crippen molar-refractivity contribution in [3.63, 3.8) is 0 Å². The Morgan fingerprint density at radius 1 is 1.32 bits per heavy atom. The highest BCUT2D eigenvalue weighted by Gasteiger charge is 2.34. The van der Waals surface area contributed by atoms with Crippen LogP contribution >= 0.6 is 15.9 Å². The molecule has 0 fully saturated rings. The number of rotatable bonds is 2. The summed E-state index contributed by atoms with van der Waals surface area (Å²) in [6, 6.07) is 5.70. The second kappa shape index (κ2) is 4.80. The maximum absolute atomic E-state index is 12.6. The highest BCUT2D eigenvalue weighted by Crippen LogP contribution is 2.32. The fourth-order valence-corrected chi connectivity index (χ4v) is 2.10. The number of alkyl halides is 3. The van der Waals surface area contributed by atoms with Crippen molar-refractivity contribution in [2.75, 3.05) is 0 Å². The largest absolute Gasteiger partial charge is 0.435 e. The van der Waals surface area contributed by atoms with Crippen LogP contribution in [0.1, 0.15) is 16.1 Å². The zero-order valence-electron chi connectivity index (χ0n) is 9.70. The maximum atomic E-state index is 12.6. The zero-order valence-corrected chi connectivity index (χ0v) is 11.3. The lowest BCUT2D eigenvalue weighted by atomic mass is 10.1. The van der Waals surface area contributed by atoms with Crippen LogP contribution in [0.4, 0.5) is 13.2 Å². The van der Waals surface area contributed by atoms with Gasteiger partial charge in [0.15, 0.2) is 12.0 Å². The Hall–Kier alpha value is -1.63. The van der Waals surface area contributed by atoms with Crippen molar-refractivity contribution in [2.24, 2.45) is 7.05 Å². The van der Waals surface area contributed by atoms with E-state index in [0.29, 0.717) is 21.9 Å². The monoisotopic (exact) mass is 332 g/mol. The van der Waals surface area contributed by atoms with E-state index in [2.05, 4.69) is 21.0 Å². The minimum Gasteiger partial charge on any atom is -0.298 e. The Morgan fingerprint density at radius 3 is 2.53 bits per heavy atom. The zero-order chi connectivity index (χ0) is 14.2. The van der Waals surface area contributed by atoms with Gasteiger partial charge in [0.2, 0.25) is 0 Å². The molecule has 1 aromatic heterocycles. The molecule has 0 bridgehead atoms. The Labute approximate surface area is 115 Å². The normalized spacial score (nSPS) is 11.6. The van der Waals surface area contributed by atoms with Crippen molar-refractivity contribution >= 4 is 22.2 Å². The molecule has 0 unspecified atom stereocenters. The van der Waals surface area contributed by atoms with E-state index in [1.807, 2.05) is 0 Å². The average molecular weight is 333 g/mol. The molecule has 3 nitrogen and oxygen atoms in total. The number of benzene rings is 1. The van der Waals surface area contributed by atoms with Gasteiger partial charge in [0.25, 0.3) is 0 Å². The number of carbonyl (C=O) groups excluding carboxylic acids is 1. The molecule has 19 heavy (non-hydrogen) atoms. The summed E-state index contributed by atoms with van der Waals surface area (Å²) < 4.78 is 39.6. The van der Waals surface area contributed by atoms with E-state index in [0.717, 1.165) is 10.7 Å². The van der Waals surface area contributed by atoms with Crippen LogP contribution in [0, 0.1) is 0 Å². The summed E-state index contributed by atoms with van der Waals surface area (Å²) in [7, 11) is 1.40. The molecule has 0 aliphatic rings. The molecular weight excluding hydrogens is 325 g/mol. The van der Waals surface area contributed by atoms with Crippen molar-refractivity contribution in [1.82, 2.24) is 9.78 Å². The molecule has 0 aliphatic carbocycles. The molecule has 100 valence electrons. The predicted molar refractivity (Wildman–Crippen MR) is 66.7 cm³/mol. The van der Waals surface area contributed by atoms with E-state index >= 15 is 0 Å². The lowest BCUT2D eigenvalue weighted by Gasteiger charge is -2.05. The quantitative estimate of drug-likeness (QED) is 0.786. The number of carbonyl (C=O) groups is 1. The molecule has 1 aromatic carbocycles. The first-order chi connectivity index (χ1) is 8.82. The summed E-state index contributed by atoms with van der Waals surface area (Å²) in [5, 5.41) is 3.42. The van der Waals surface area contributed by atoms with Gasteiger partial charge >= 0.3 is 6.18 Å². The summed E-state index contributed by atoms with van der Waals surface area (Å²) in [6.07, 6.45) is -3.91. The molecule has 0 radical (unpaired) electrons. The third kappa shape index (κ3) is 2.70. The van der Waals surface area contributed by atoms with E-state index in [-0.39, 0.29) is 5.69 Å². The first-order valence-electron chi connectivity index (χ1n) is 5.19. The van der Waals surface area contributed by atoms with Crippen molar-refractivity contribution < 1.29 is 18.0 Å². The fraction of sp³-hybridized carbons (Fsp3) is 0.167. The number of aryl methyl sites for hydroxylation is 1. The van der Waals surface area contributed by atoms with Gasteiger partial charge in [-0.2, -0.15) is 18.3 Å². The average Bonchev–Trinajstić information content (AvgIpc) is 2.71. The molecule has 0 N–H and O–H groups in total. The van der Waals surface area contributed by atoms with Crippen molar-refractivity contribution in [2.45, 2.75) is 6.18 Å². The summed E-state index contributed by atoms with van der Waals surface area (Å²) in [4.78, 5) is 11.0. The minimum absolute atomic E-state index is 0.238. The van der Waals surface area contributed by atoms with E-state index in [1.54, 1.807) is 18.2 Å². The fourth-order valence-electron chi connectivity index (χ4n) is 1.72. The van der Waals surface area contributed by atoms with Crippen LogP contribution in [0.5, 0.6) is 0 Å². The van der Waals surface area contributed by atoms with E-state index < -0.39 is 11.9 Å². The van der Waals surface area contributed by atoms with Gasteiger partial charge in [-0.3, -0.25) is 9.48 Å². The van der Waals surface area contributed by atoms with Crippen molar-refractivity contribution in [3.05, 3.63) is 40.0 Å². The highest BCUT2D eigenvalue weighted by molar-refractivity contribution is 9.10. The molecule has 1 heterocycles. The van der Waals surface area contributed by atoms with Gasteiger partial charge in [-0.05, 0) is 18.2 Å². The molecule has 0 spiro atoms. The standard InChI is InChI=1S/C12H8BrF3N2O/c1-18-10(5-11(17-18)12(14,15)16)9-3-2-8(13)4-7(9)6-19/h2-6H,1H3. The number of hydrogen-bond acceptors (Lipinski definition) is 2. The van der Waals surface area contributed by atoms with E-state index in [1.165, 1.54) is 7.05 Å². The van der Waals surface area contributed by atoms with Crippen LogP contribution in [0.2, 0.25) is 0 Å². The summed E-state index contributed by atoms with van der Waals surface area (Å²) in [6.45, 7) is 0. The lowest BCUT2D eigenvalue weighted by molar-refractivity contribution is -0.141. The van der Waals surface area contributed by atoms with Gasteiger partial charge in [0, 0.05) is 22.6 Å². The van der Waals surface area contributed by atoms with Crippen LogP contribution in [0.25, 0.3) is 11.3 Å². The number of hydrogen-bond donors (Lipinski definition) is 0. The summed E-state index contributed by atoms with van der Waals surface area (Å²) in [5.41, 5.74) is -0.0403. The smallest absolute Gasteiger partial charge is 0.298 e. The van der Waals surface area contributed by atoms with Gasteiger partial charge in [-0.1, -0.05) is 22.0 Å². The summed E-state index contributed by atoms with van der Waals surface area (Å²) in [5.74, 6) is 0. The topological polar surface area (TPSA) is 34.9 Å². The molecular formula is C12H8BrF3N2O. The van der Waals surface area contributed by atoms with Crippen molar-refractivity contribution in [3.8, 4) is 11.3 Å². The Morgan fingerprint density at radius 2 is 2.00 bits per heavy atom. The Bertz CT molecular complexity index is 634. The van der Waals surface area contributed by atoms with Gasteiger partial charge in [-0.25, -0.2) is 0 Å². The highest BCUT2D eigenvalue weighted by atomic mass is 79.9. The Kier molecular flexibility index (Phi) is 3.49. The minimum atomic E-state index is -4.51. The molecule has 0 saturated carbocycles. The first kappa shape index (κ1) is 13.8. The van der Waals surface area contributed by atoms with Crippen LogP contribution in [-0.2, 0) is 13.2 Å². The van der Waals surface area contributed by atoms with Crippen LogP contribution < -0.4 is 0 Å². The molecule has 7 heteroatoms. The molecule has 0 atom stereocenters. The van der Waals surface area contributed by atoms with Gasteiger partial charge in [0.1, 0.15) is 0 Å². The first-order valence-corrected chi connectivity index (χ1v) is 5.98. The number of aromatic nitrogens is 2. The maximum Gasteiger partial charge on any atom is 0.435 e. The third-order valence-electron chi connectivity index (χ3n) is 2.59. The number of aldehydes is 1. The second-order valence-electron chi connectivity index (χ2n) is 3.89. The SMILES string of the molecule is Cn1nc(C(F)(F)F)cc1-c1ccc(Br)cc1C=O. The second-order valence-corrected chi connectivity index (χ2v) is 4.80. The van der Waals surface area contributed by atoms with Crippen LogP contribution in [-0.4, -0.2) is 16.1 Å². The van der Waals surface area contributed by atoms with Crippen molar-refractivity contribution in [1.29, 1.82) is 0 Å². The van der Waals surface area contributed by atoms with Crippen LogP contribution in [0.3, 0.4) is 0 Å². The molecule has 0 saturated heterocycles. The van der Waals surface area contributed by atoms with Gasteiger partial charge in [0.05, 0.1) is 5.69 Å². The Balaban J connectivity index is 2.60. The van der Waals surface area contributed by atoms with E-state index in [9.17, 15) is 18.0 Å².